The molecule has 0 bridgehead atoms. The molecule has 4 atom stereocenters. The number of hydrogen-bond acceptors (Lipinski definition) is 1. The number of ether oxygens (including phenoxy) is 1. The summed E-state index contributed by atoms with van der Waals surface area (Å²) in [6.45, 7) is 12.9. The van der Waals surface area contributed by atoms with Crippen LogP contribution in [0, 0.1) is 23.2 Å². The highest BCUT2D eigenvalue weighted by Crippen LogP contribution is 2.56. The molecule has 1 heteroatoms. The standard InChI is InChI=1S/C12H22O/c1-8-9(2)12(5)10(7-13-12)6-11(8,3)4/h8-10H,6-7H2,1-5H3. The Morgan fingerprint density at radius 2 is 1.69 bits per heavy atom. The fourth-order valence-electron chi connectivity index (χ4n) is 3.22. The molecular weight excluding hydrogens is 160 g/mol. The van der Waals surface area contributed by atoms with Gasteiger partial charge in [-0.3, -0.25) is 0 Å². The minimum Gasteiger partial charge on any atom is -0.374 e. The first-order valence-electron chi connectivity index (χ1n) is 5.52. The van der Waals surface area contributed by atoms with Crippen LogP contribution in [-0.2, 0) is 4.74 Å². The van der Waals surface area contributed by atoms with Crippen molar-refractivity contribution in [1.29, 1.82) is 0 Å². The maximum atomic E-state index is 5.80. The van der Waals surface area contributed by atoms with E-state index in [1.54, 1.807) is 0 Å². The highest BCUT2D eigenvalue weighted by Gasteiger charge is 2.57. The molecule has 1 aliphatic carbocycles. The van der Waals surface area contributed by atoms with Gasteiger partial charge in [-0.25, -0.2) is 0 Å². The topological polar surface area (TPSA) is 9.23 Å². The van der Waals surface area contributed by atoms with E-state index in [4.69, 9.17) is 4.74 Å². The van der Waals surface area contributed by atoms with Crippen molar-refractivity contribution in [3.63, 3.8) is 0 Å². The first-order valence-corrected chi connectivity index (χ1v) is 5.52. The fraction of sp³-hybridized carbons (Fsp3) is 1.00. The van der Waals surface area contributed by atoms with Crippen LogP contribution in [0.1, 0.15) is 41.0 Å². The third-order valence-electron chi connectivity index (χ3n) is 5.07. The summed E-state index contributed by atoms with van der Waals surface area (Å²) in [6.07, 6.45) is 1.34. The van der Waals surface area contributed by atoms with Crippen molar-refractivity contribution >= 4 is 0 Å². The highest BCUT2D eigenvalue weighted by atomic mass is 16.5. The molecule has 2 aliphatic rings. The van der Waals surface area contributed by atoms with Gasteiger partial charge in [-0.2, -0.15) is 0 Å². The molecule has 0 aromatic carbocycles. The number of fused-ring (bicyclic) bond motifs is 1. The largest absolute Gasteiger partial charge is 0.374 e. The van der Waals surface area contributed by atoms with Crippen molar-refractivity contribution in [1.82, 2.24) is 0 Å². The zero-order valence-electron chi connectivity index (χ0n) is 9.55. The van der Waals surface area contributed by atoms with Gasteiger partial charge in [0, 0.05) is 5.92 Å². The summed E-state index contributed by atoms with van der Waals surface area (Å²) in [5.74, 6) is 2.29. The van der Waals surface area contributed by atoms with Crippen molar-refractivity contribution in [3.05, 3.63) is 0 Å². The average Bonchev–Trinajstić information content (AvgIpc) is 2.07. The molecule has 13 heavy (non-hydrogen) atoms. The van der Waals surface area contributed by atoms with Gasteiger partial charge in [0.15, 0.2) is 0 Å². The summed E-state index contributed by atoms with van der Waals surface area (Å²) in [4.78, 5) is 0. The Kier molecular flexibility index (Phi) is 1.83. The van der Waals surface area contributed by atoms with Gasteiger partial charge in [0.2, 0.25) is 0 Å². The smallest absolute Gasteiger partial charge is 0.0732 e. The van der Waals surface area contributed by atoms with Gasteiger partial charge in [0.25, 0.3) is 0 Å². The van der Waals surface area contributed by atoms with Crippen molar-refractivity contribution in [2.45, 2.75) is 46.6 Å². The summed E-state index contributed by atoms with van der Waals surface area (Å²) < 4.78 is 5.80. The van der Waals surface area contributed by atoms with Gasteiger partial charge in [-0.05, 0) is 30.6 Å². The Hall–Kier alpha value is -0.0400. The highest BCUT2D eigenvalue weighted by molar-refractivity contribution is 5.05. The molecule has 0 spiro atoms. The molecule has 4 unspecified atom stereocenters. The first-order chi connectivity index (χ1) is 5.88. The van der Waals surface area contributed by atoms with Crippen LogP contribution >= 0.6 is 0 Å². The molecule has 0 aromatic heterocycles. The van der Waals surface area contributed by atoms with Crippen LogP contribution in [0.4, 0.5) is 0 Å². The second-order valence-corrected chi connectivity index (χ2v) is 5.96. The SMILES string of the molecule is CC1C(C)C2(C)OCC2CC1(C)C. The molecule has 0 amide bonds. The quantitative estimate of drug-likeness (QED) is 0.559. The van der Waals surface area contributed by atoms with E-state index < -0.39 is 0 Å². The van der Waals surface area contributed by atoms with Crippen LogP contribution in [0.2, 0.25) is 0 Å². The molecule has 1 saturated heterocycles. The molecule has 0 radical (unpaired) electrons. The second-order valence-electron chi connectivity index (χ2n) is 5.96. The summed E-state index contributed by atoms with van der Waals surface area (Å²) >= 11 is 0. The predicted molar refractivity (Wildman–Crippen MR) is 54.6 cm³/mol. The molecular formula is C12H22O. The maximum Gasteiger partial charge on any atom is 0.0732 e. The lowest BCUT2D eigenvalue weighted by atomic mass is 9.53. The van der Waals surface area contributed by atoms with Gasteiger partial charge in [0.1, 0.15) is 0 Å². The van der Waals surface area contributed by atoms with E-state index in [1.165, 1.54) is 6.42 Å². The Bertz CT molecular complexity index is 221. The Morgan fingerprint density at radius 1 is 1.08 bits per heavy atom. The van der Waals surface area contributed by atoms with Gasteiger partial charge in [-0.1, -0.05) is 27.7 Å². The fourth-order valence-corrected chi connectivity index (χ4v) is 3.22. The van der Waals surface area contributed by atoms with Crippen LogP contribution in [0.25, 0.3) is 0 Å². The Labute approximate surface area is 81.9 Å². The third-order valence-corrected chi connectivity index (χ3v) is 5.07. The molecule has 1 heterocycles. The first kappa shape index (κ1) is 9.51. The second kappa shape index (κ2) is 2.50. The molecule has 1 aliphatic heterocycles. The zero-order valence-corrected chi connectivity index (χ0v) is 9.55. The van der Waals surface area contributed by atoms with Crippen molar-refractivity contribution in [2.24, 2.45) is 23.2 Å². The van der Waals surface area contributed by atoms with E-state index >= 15 is 0 Å². The van der Waals surface area contributed by atoms with E-state index in [0.29, 0.717) is 11.3 Å². The molecule has 0 N–H and O–H groups in total. The van der Waals surface area contributed by atoms with Crippen LogP contribution in [0.5, 0.6) is 0 Å². The summed E-state index contributed by atoms with van der Waals surface area (Å²) in [5, 5.41) is 0. The van der Waals surface area contributed by atoms with E-state index in [-0.39, 0.29) is 5.60 Å². The normalized spacial score (nSPS) is 53.8. The van der Waals surface area contributed by atoms with Crippen LogP contribution in [0.15, 0.2) is 0 Å². The minimum absolute atomic E-state index is 0.203. The molecule has 76 valence electrons. The predicted octanol–water partition coefficient (Wildman–Crippen LogP) is 3.09. The minimum atomic E-state index is 0.203. The number of rotatable bonds is 0. The Balaban J connectivity index is 2.24. The molecule has 2 rings (SSSR count). The van der Waals surface area contributed by atoms with Gasteiger partial charge in [-0.15, -0.1) is 0 Å². The lowest BCUT2D eigenvalue weighted by Crippen LogP contribution is -2.63. The molecule has 1 saturated carbocycles. The Morgan fingerprint density at radius 3 is 2.15 bits per heavy atom. The van der Waals surface area contributed by atoms with Crippen molar-refractivity contribution in [2.75, 3.05) is 6.61 Å². The maximum absolute atomic E-state index is 5.80. The van der Waals surface area contributed by atoms with Gasteiger partial charge >= 0.3 is 0 Å². The van der Waals surface area contributed by atoms with Crippen molar-refractivity contribution < 1.29 is 4.74 Å². The van der Waals surface area contributed by atoms with Crippen LogP contribution in [0.3, 0.4) is 0 Å². The van der Waals surface area contributed by atoms with Gasteiger partial charge < -0.3 is 4.74 Å². The summed E-state index contributed by atoms with van der Waals surface area (Å²) in [5.41, 5.74) is 0.711. The molecule has 0 aromatic rings. The van der Waals surface area contributed by atoms with E-state index in [9.17, 15) is 0 Å². The lowest BCUT2D eigenvalue weighted by Gasteiger charge is -2.61. The van der Waals surface area contributed by atoms with Crippen LogP contribution < -0.4 is 0 Å². The van der Waals surface area contributed by atoms with Gasteiger partial charge in [0.05, 0.1) is 12.2 Å². The molecule has 2 fully saturated rings. The van der Waals surface area contributed by atoms with E-state index in [1.807, 2.05) is 0 Å². The lowest BCUT2D eigenvalue weighted by molar-refractivity contribution is -0.267. The molecule has 1 nitrogen and oxygen atoms in total. The summed E-state index contributed by atoms with van der Waals surface area (Å²) in [6, 6.07) is 0. The monoisotopic (exact) mass is 182 g/mol. The zero-order chi connectivity index (χ0) is 9.85. The number of hydrogen-bond donors (Lipinski definition) is 0. The van der Waals surface area contributed by atoms with Crippen LogP contribution in [-0.4, -0.2) is 12.2 Å². The summed E-state index contributed by atoms with van der Waals surface area (Å²) in [7, 11) is 0. The third kappa shape index (κ3) is 1.09. The van der Waals surface area contributed by atoms with E-state index in [0.717, 1.165) is 18.4 Å². The van der Waals surface area contributed by atoms with Crippen molar-refractivity contribution in [3.8, 4) is 0 Å². The van der Waals surface area contributed by atoms with E-state index in [2.05, 4.69) is 34.6 Å². The average molecular weight is 182 g/mol.